The van der Waals surface area contributed by atoms with Gasteiger partial charge in [0.1, 0.15) is 30.3 Å². The third-order valence-electron chi connectivity index (χ3n) is 6.77. The molecular weight excluding hydrogens is 400 g/mol. The van der Waals surface area contributed by atoms with E-state index in [9.17, 15) is 5.11 Å². The lowest BCUT2D eigenvalue weighted by Gasteiger charge is -2.38. The normalized spacial score (nSPS) is 19.6. The molecule has 2 aliphatic rings. The van der Waals surface area contributed by atoms with Gasteiger partial charge < -0.3 is 14.6 Å². The Morgan fingerprint density at radius 2 is 1.41 bits per heavy atom. The largest absolute Gasteiger partial charge is 0.492 e. The van der Waals surface area contributed by atoms with E-state index in [1.165, 1.54) is 43.5 Å². The summed E-state index contributed by atoms with van der Waals surface area (Å²) in [6.45, 7) is 9.28. The lowest BCUT2D eigenvalue weighted by Crippen LogP contribution is -2.47. The van der Waals surface area contributed by atoms with Crippen molar-refractivity contribution >= 4 is 0 Å². The molecule has 0 spiro atoms. The maximum atomic E-state index is 10.9. The topological polar surface area (TPSA) is 45.2 Å². The molecule has 4 rings (SSSR count). The van der Waals surface area contributed by atoms with E-state index in [0.717, 1.165) is 57.1 Å². The van der Waals surface area contributed by atoms with Crippen molar-refractivity contribution in [3.8, 4) is 11.5 Å². The van der Waals surface area contributed by atoms with Gasteiger partial charge in [-0.05, 0) is 75.5 Å². The van der Waals surface area contributed by atoms with E-state index in [1.54, 1.807) is 0 Å². The second-order valence-electron chi connectivity index (χ2n) is 9.50. The van der Waals surface area contributed by atoms with Crippen molar-refractivity contribution < 1.29 is 14.6 Å². The molecule has 5 nitrogen and oxygen atoms in total. The lowest BCUT2D eigenvalue weighted by atomic mass is 9.92. The molecule has 0 saturated carbocycles. The summed E-state index contributed by atoms with van der Waals surface area (Å²) in [4.78, 5) is 4.91. The van der Waals surface area contributed by atoms with Crippen molar-refractivity contribution in [3.63, 3.8) is 0 Å². The van der Waals surface area contributed by atoms with Crippen LogP contribution in [0.3, 0.4) is 0 Å². The van der Waals surface area contributed by atoms with Crippen molar-refractivity contribution in [2.75, 3.05) is 45.9 Å². The molecule has 2 heterocycles. The van der Waals surface area contributed by atoms with Gasteiger partial charge >= 0.3 is 0 Å². The zero-order valence-electron chi connectivity index (χ0n) is 19.5. The van der Waals surface area contributed by atoms with Gasteiger partial charge in [-0.2, -0.15) is 0 Å². The number of nitrogens with zero attached hydrogens (tertiary/aromatic N) is 2. The molecule has 1 N–H and O–H groups in total. The van der Waals surface area contributed by atoms with Crippen LogP contribution in [-0.4, -0.2) is 66.4 Å². The minimum Gasteiger partial charge on any atom is -0.492 e. The number of aliphatic hydroxyl groups is 1. The van der Waals surface area contributed by atoms with Crippen LogP contribution in [0.1, 0.15) is 43.2 Å². The summed E-state index contributed by atoms with van der Waals surface area (Å²) < 4.78 is 11.8. The van der Waals surface area contributed by atoms with E-state index in [4.69, 9.17) is 9.47 Å². The molecule has 0 amide bonds. The Morgan fingerprint density at radius 3 is 2.09 bits per heavy atom. The lowest BCUT2D eigenvalue weighted by molar-refractivity contribution is -0.0537. The molecule has 0 bridgehead atoms. The van der Waals surface area contributed by atoms with Gasteiger partial charge in [0.15, 0.2) is 0 Å². The average Bonchev–Trinajstić information content (AvgIpc) is 2.82. The molecule has 0 aromatic heterocycles. The van der Waals surface area contributed by atoms with Crippen LogP contribution in [0, 0.1) is 6.92 Å². The molecular formula is C27H38N2O3. The Morgan fingerprint density at radius 1 is 0.781 bits per heavy atom. The van der Waals surface area contributed by atoms with Gasteiger partial charge in [0, 0.05) is 26.2 Å². The van der Waals surface area contributed by atoms with Gasteiger partial charge in [0.05, 0.1) is 0 Å². The fraction of sp³-hybridized carbons (Fsp3) is 0.556. The molecule has 0 radical (unpaired) electrons. The minimum atomic E-state index is -0.743. The van der Waals surface area contributed by atoms with E-state index in [2.05, 4.69) is 41.0 Å². The number of likely N-dealkylation sites (tertiary alicyclic amines) is 2. The third kappa shape index (κ3) is 6.96. The van der Waals surface area contributed by atoms with E-state index in [-0.39, 0.29) is 0 Å². The fourth-order valence-electron chi connectivity index (χ4n) is 4.55. The molecule has 5 heteroatoms. The average molecular weight is 439 g/mol. The highest BCUT2D eigenvalue weighted by molar-refractivity contribution is 5.28. The molecule has 2 aromatic carbocycles. The standard InChI is InChI=1S/C27H38N2O3/c1-23-5-9-26(10-6-23)32-22-27(30)13-17-29(18-14-27)21-24-7-11-25(12-8-24)31-20-19-28-15-3-2-4-16-28/h5-12,30H,2-4,13-22H2,1H3. The number of benzene rings is 2. The van der Waals surface area contributed by atoms with E-state index in [1.807, 2.05) is 24.3 Å². The number of hydrogen-bond acceptors (Lipinski definition) is 5. The molecule has 0 atom stereocenters. The number of piperidine rings is 2. The van der Waals surface area contributed by atoms with Gasteiger partial charge in [0.25, 0.3) is 0 Å². The summed E-state index contributed by atoms with van der Waals surface area (Å²) in [5, 5.41) is 10.9. The first kappa shape index (κ1) is 23.1. The van der Waals surface area contributed by atoms with Crippen LogP contribution >= 0.6 is 0 Å². The third-order valence-corrected chi connectivity index (χ3v) is 6.77. The first-order valence-electron chi connectivity index (χ1n) is 12.2. The summed E-state index contributed by atoms with van der Waals surface area (Å²) >= 11 is 0. The zero-order valence-corrected chi connectivity index (χ0v) is 19.5. The number of hydrogen-bond donors (Lipinski definition) is 1. The van der Waals surface area contributed by atoms with Crippen molar-refractivity contribution in [2.45, 2.75) is 51.2 Å². The van der Waals surface area contributed by atoms with E-state index >= 15 is 0 Å². The maximum absolute atomic E-state index is 10.9. The molecule has 2 aromatic rings. The highest BCUT2D eigenvalue weighted by Gasteiger charge is 2.33. The highest BCUT2D eigenvalue weighted by Crippen LogP contribution is 2.25. The second kappa shape index (κ2) is 11.2. The Hall–Kier alpha value is -2.08. The zero-order chi connectivity index (χ0) is 22.2. The van der Waals surface area contributed by atoms with Crippen LogP contribution < -0.4 is 9.47 Å². The highest BCUT2D eigenvalue weighted by atomic mass is 16.5. The fourth-order valence-corrected chi connectivity index (χ4v) is 4.55. The summed E-state index contributed by atoms with van der Waals surface area (Å²) in [5.74, 6) is 1.77. The molecule has 32 heavy (non-hydrogen) atoms. The summed E-state index contributed by atoms with van der Waals surface area (Å²) in [6.07, 6.45) is 5.48. The predicted octanol–water partition coefficient (Wildman–Crippen LogP) is 4.27. The summed E-state index contributed by atoms with van der Waals surface area (Å²) in [5.41, 5.74) is 1.75. The Kier molecular flexibility index (Phi) is 8.06. The van der Waals surface area contributed by atoms with Crippen molar-refractivity contribution in [2.24, 2.45) is 0 Å². The first-order valence-corrected chi connectivity index (χ1v) is 12.2. The quantitative estimate of drug-likeness (QED) is 0.634. The molecule has 2 fully saturated rings. The summed E-state index contributed by atoms with van der Waals surface area (Å²) in [6, 6.07) is 16.5. The Labute approximate surface area is 192 Å². The second-order valence-corrected chi connectivity index (χ2v) is 9.50. The SMILES string of the molecule is Cc1ccc(OCC2(O)CCN(Cc3ccc(OCCN4CCCCC4)cc3)CC2)cc1. The molecule has 0 unspecified atom stereocenters. The van der Waals surface area contributed by atoms with Crippen molar-refractivity contribution in [1.82, 2.24) is 9.80 Å². The van der Waals surface area contributed by atoms with Crippen LogP contribution in [0.15, 0.2) is 48.5 Å². The van der Waals surface area contributed by atoms with Gasteiger partial charge in [-0.15, -0.1) is 0 Å². The molecule has 174 valence electrons. The molecule has 2 aliphatic heterocycles. The molecule has 2 saturated heterocycles. The van der Waals surface area contributed by atoms with E-state index in [0.29, 0.717) is 6.61 Å². The minimum absolute atomic E-state index is 0.355. The van der Waals surface area contributed by atoms with Crippen LogP contribution in [0.25, 0.3) is 0 Å². The van der Waals surface area contributed by atoms with Crippen LogP contribution in [0.2, 0.25) is 0 Å². The van der Waals surface area contributed by atoms with Gasteiger partial charge in [-0.25, -0.2) is 0 Å². The molecule has 0 aliphatic carbocycles. The first-order chi connectivity index (χ1) is 15.6. The summed E-state index contributed by atoms with van der Waals surface area (Å²) in [7, 11) is 0. The van der Waals surface area contributed by atoms with Crippen LogP contribution in [-0.2, 0) is 6.54 Å². The van der Waals surface area contributed by atoms with Gasteiger partial charge in [-0.3, -0.25) is 9.80 Å². The van der Waals surface area contributed by atoms with Gasteiger partial charge in [0.2, 0.25) is 0 Å². The van der Waals surface area contributed by atoms with E-state index < -0.39 is 5.60 Å². The van der Waals surface area contributed by atoms with Crippen LogP contribution in [0.4, 0.5) is 0 Å². The smallest absolute Gasteiger partial charge is 0.119 e. The van der Waals surface area contributed by atoms with Crippen molar-refractivity contribution in [3.05, 3.63) is 59.7 Å². The van der Waals surface area contributed by atoms with Crippen molar-refractivity contribution in [1.29, 1.82) is 0 Å². The van der Waals surface area contributed by atoms with Gasteiger partial charge in [-0.1, -0.05) is 36.2 Å². The number of aryl methyl sites for hydroxylation is 1. The maximum Gasteiger partial charge on any atom is 0.119 e. The Bertz CT molecular complexity index is 808. The number of rotatable bonds is 9. The number of ether oxygens (including phenoxy) is 2. The monoisotopic (exact) mass is 438 g/mol. The predicted molar refractivity (Wildman–Crippen MR) is 128 cm³/mol. The van der Waals surface area contributed by atoms with Crippen LogP contribution in [0.5, 0.6) is 11.5 Å². The Balaban J connectivity index is 1.16.